The van der Waals surface area contributed by atoms with Gasteiger partial charge < -0.3 is 19.5 Å². The fourth-order valence-corrected chi connectivity index (χ4v) is 2.80. The zero-order valence-electron chi connectivity index (χ0n) is 14.6. The number of methoxy groups -OCH3 is 1. The first-order valence-electron chi connectivity index (χ1n) is 8.08. The van der Waals surface area contributed by atoms with Gasteiger partial charge in [0.05, 0.1) is 19.4 Å². The molecule has 0 unspecified atom stereocenters. The van der Waals surface area contributed by atoms with E-state index < -0.39 is 0 Å². The van der Waals surface area contributed by atoms with Crippen LogP contribution in [0.2, 0.25) is 0 Å². The van der Waals surface area contributed by atoms with Crippen LogP contribution in [0.3, 0.4) is 0 Å². The van der Waals surface area contributed by atoms with Gasteiger partial charge in [0.2, 0.25) is 0 Å². The minimum atomic E-state index is 0.110. The highest BCUT2D eigenvalue weighted by molar-refractivity contribution is 7.80. The highest BCUT2D eigenvalue weighted by Gasteiger charge is 2.21. The van der Waals surface area contributed by atoms with Gasteiger partial charge in [0.1, 0.15) is 17.6 Å². The third kappa shape index (κ3) is 5.07. The number of nitrogens with zero attached hydrogens (tertiary/aromatic N) is 1. The van der Waals surface area contributed by atoms with Crippen LogP contribution in [0, 0.1) is 0 Å². The Labute approximate surface area is 148 Å². The number of hydrogen-bond acceptors (Lipinski definition) is 5. The van der Waals surface area contributed by atoms with Gasteiger partial charge >= 0.3 is 0 Å². The van der Waals surface area contributed by atoms with Crippen LogP contribution in [0.15, 0.2) is 17.2 Å². The number of fused-ring (bicyclic) bond motifs is 1. The molecule has 0 aliphatic carbocycles. The Morgan fingerprint density at radius 2 is 2.33 bits per heavy atom. The largest absolute Gasteiger partial charge is 0.493 e. The van der Waals surface area contributed by atoms with Crippen molar-refractivity contribution < 1.29 is 14.2 Å². The lowest BCUT2D eigenvalue weighted by atomic mass is 10.1. The lowest BCUT2D eigenvalue weighted by molar-refractivity contribution is 0.179. The van der Waals surface area contributed by atoms with E-state index in [2.05, 4.69) is 22.8 Å². The molecule has 0 aromatic heterocycles. The molecule has 0 saturated carbocycles. The lowest BCUT2D eigenvalue weighted by Crippen LogP contribution is -2.40. The minimum Gasteiger partial charge on any atom is -0.493 e. The Kier molecular flexibility index (Phi) is 6.81. The van der Waals surface area contributed by atoms with E-state index in [0.717, 1.165) is 23.5 Å². The van der Waals surface area contributed by atoms with Gasteiger partial charge in [-0.25, -0.2) is 0 Å². The Hall–Kier alpha value is -1.86. The van der Waals surface area contributed by atoms with Gasteiger partial charge in [0, 0.05) is 30.7 Å². The molecule has 0 radical (unpaired) electrons. The molecule has 0 fully saturated rings. The van der Waals surface area contributed by atoms with Gasteiger partial charge in [-0.3, -0.25) is 5.43 Å². The second kappa shape index (κ2) is 8.84. The number of rotatable bonds is 7. The maximum absolute atomic E-state index is 5.80. The molecule has 2 rings (SSSR count). The third-order valence-corrected chi connectivity index (χ3v) is 3.70. The molecule has 1 aromatic rings. The second-order valence-electron chi connectivity index (χ2n) is 5.76. The molecule has 0 spiro atoms. The van der Waals surface area contributed by atoms with Crippen molar-refractivity contribution in [1.82, 2.24) is 10.7 Å². The van der Waals surface area contributed by atoms with Crippen molar-refractivity contribution >= 4 is 23.5 Å². The van der Waals surface area contributed by atoms with Crippen molar-refractivity contribution in [2.45, 2.75) is 39.3 Å². The van der Waals surface area contributed by atoms with Crippen molar-refractivity contribution in [1.29, 1.82) is 0 Å². The predicted octanol–water partition coefficient (Wildman–Crippen LogP) is 2.24. The van der Waals surface area contributed by atoms with E-state index >= 15 is 0 Å². The van der Waals surface area contributed by atoms with E-state index in [-0.39, 0.29) is 12.1 Å². The van der Waals surface area contributed by atoms with E-state index in [0.29, 0.717) is 18.3 Å². The van der Waals surface area contributed by atoms with E-state index in [9.17, 15) is 0 Å². The number of hydrogen-bond donors (Lipinski definition) is 2. The average molecular weight is 351 g/mol. The van der Waals surface area contributed by atoms with Crippen LogP contribution in [-0.4, -0.2) is 43.8 Å². The number of thiocarbonyl (C=S) groups is 1. The van der Waals surface area contributed by atoms with Crippen molar-refractivity contribution in [2.24, 2.45) is 5.10 Å². The summed E-state index contributed by atoms with van der Waals surface area (Å²) in [7, 11) is 1.65. The molecule has 1 aliphatic heterocycles. The van der Waals surface area contributed by atoms with Gasteiger partial charge in [-0.05, 0) is 45.1 Å². The molecule has 0 bridgehead atoms. The lowest BCUT2D eigenvalue weighted by Gasteiger charge is -2.14. The average Bonchev–Trinajstić information content (AvgIpc) is 2.86. The normalized spacial score (nSPS) is 17.2. The fourth-order valence-electron chi connectivity index (χ4n) is 2.54. The molecule has 7 heteroatoms. The Morgan fingerprint density at radius 1 is 1.54 bits per heavy atom. The third-order valence-electron chi connectivity index (χ3n) is 3.49. The standard InChI is InChI=1S/C17H25N3O3S/c1-5-22-15-7-13-6-12(3)23-16(13)8-14(15)9-18-20-17(24)19-11(2)10-21-4/h7-9,11-12H,5-6,10H2,1-4H3,(H2,19,20,24)/b18-9-/t11-,12+/m1/s1. The van der Waals surface area contributed by atoms with E-state index in [1.165, 1.54) is 5.56 Å². The van der Waals surface area contributed by atoms with Crippen molar-refractivity contribution in [3.63, 3.8) is 0 Å². The summed E-state index contributed by atoms with van der Waals surface area (Å²) < 4.78 is 16.6. The second-order valence-corrected chi connectivity index (χ2v) is 6.17. The Bertz CT molecular complexity index is 607. The summed E-state index contributed by atoms with van der Waals surface area (Å²) in [6, 6.07) is 4.10. The maximum Gasteiger partial charge on any atom is 0.187 e. The summed E-state index contributed by atoms with van der Waals surface area (Å²) in [5.74, 6) is 1.69. The fraction of sp³-hybridized carbons (Fsp3) is 0.529. The molecule has 6 nitrogen and oxygen atoms in total. The van der Waals surface area contributed by atoms with Crippen LogP contribution in [-0.2, 0) is 11.2 Å². The van der Waals surface area contributed by atoms with E-state index in [1.54, 1.807) is 13.3 Å². The van der Waals surface area contributed by atoms with Crippen LogP contribution in [0.1, 0.15) is 31.9 Å². The number of nitrogens with one attached hydrogen (secondary N) is 2. The molecular formula is C17H25N3O3S. The van der Waals surface area contributed by atoms with Gasteiger partial charge in [0.25, 0.3) is 0 Å². The molecule has 1 heterocycles. The van der Waals surface area contributed by atoms with E-state index in [4.69, 9.17) is 26.4 Å². The first-order chi connectivity index (χ1) is 11.5. The zero-order chi connectivity index (χ0) is 17.5. The maximum atomic E-state index is 5.80. The highest BCUT2D eigenvalue weighted by Crippen LogP contribution is 2.34. The molecule has 2 atom stereocenters. The van der Waals surface area contributed by atoms with E-state index in [1.807, 2.05) is 26.0 Å². The van der Waals surface area contributed by atoms with Gasteiger partial charge in [0.15, 0.2) is 5.11 Å². The quantitative estimate of drug-likeness (QED) is 0.446. The number of ether oxygens (including phenoxy) is 3. The Morgan fingerprint density at radius 3 is 3.04 bits per heavy atom. The van der Waals surface area contributed by atoms with Crippen molar-refractivity contribution in [3.8, 4) is 11.5 Å². The minimum absolute atomic E-state index is 0.110. The monoisotopic (exact) mass is 351 g/mol. The first kappa shape index (κ1) is 18.5. The summed E-state index contributed by atoms with van der Waals surface area (Å²) >= 11 is 5.19. The van der Waals surface area contributed by atoms with Crippen molar-refractivity contribution in [3.05, 3.63) is 23.3 Å². The highest BCUT2D eigenvalue weighted by atomic mass is 32.1. The molecule has 132 valence electrons. The topological polar surface area (TPSA) is 64.1 Å². The van der Waals surface area contributed by atoms with Crippen LogP contribution in [0.4, 0.5) is 0 Å². The van der Waals surface area contributed by atoms with Gasteiger partial charge in [-0.1, -0.05) is 0 Å². The summed E-state index contributed by atoms with van der Waals surface area (Å²) in [4.78, 5) is 0. The summed E-state index contributed by atoms with van der Waals surface area (Å²) in [6.45, 7) is 7.16. The molecular weight excluding hydrogens is 326 g/mol. The summed E-state index contributed by atoms with van der Waals surface area (Å²) in [5, 5.41) is 7.71. The molecule has 2 N–H and O–H groups in total. The molecule has 1 aromatic carbocycles. The smallest absolute Gasteiger partial charge is 0.187 e. The predicted molar refractivity (Wildman–Crippen MR) is 99.2 cm³/mol. The van der Waals surface area contributed by atoms with Crippen molar-refractivity contribution in [2.75, 3.05) is 20.3 Å². The van der Waals surface area contributed by atoms with Crippen LogP contribution < -0.4 is 20.2 Å². The molecule has 0 amide bonds. The van der Waals surface area contributed by atoms with Crippen LogP contribution >= 0.6 is 12.2 Å². The van der Waals surface area contributed by atoms with Gasteiger partial charge in [-0.2, -0.15) is 5.10 Å². The molecule has 24 heavy (non-hydrogen) atoms. The first-order valence-corrected chi connectivity index (χ1v) is 8.49. The van der Waals surface area contributed by atoms with Crippen LogP contribution in [0.5, 0.6) is 11.5 Å². The zero-order valence-corrected chi connectivity index (χ0v) is 15.4. The number of hydrazone groups is 1. The Balaban J connectivity index is 2.03. The SMILES string of the molecule is CCOc1cc2c(cc1/C=N\NC(=S)N[C@H](C)COC)O[C@@H](C)C2. The van der Waals surface area contributed by atoms with Crippen LogP contribution in [0.25, 0.3) is 0 Å². The molecule has 1 aliphatic rings. The summed E-state index contributed by atoms with van der Waals surface area (Å²) in [6.07, 6.45) is 2.78. The van der Waals surface area contributed by atoms with Gasteiger partial charge in [-0.15, -0.1) is 0 Å². The summed E-state index contributed by atoms with van der Waals surface area (Å²) in [5.41, 5.74) is 4.82. The molecule has 0 saturated heterocycles. The number of benzene rings is 1.